The van der Waals surface area contributed by atoms with Crippen LogP contribution in [-0.2, 0) is 10.2 Å². The second-order valence-corrected chi connectivity index (χ2v) is 8.09. The van der Waals surface area contributed by atoms with E-state index in [-0.39, 0.29) is 11.3 Å². The Bertz CT molecular complexity index is 647. The highest BCUT2D eigenvalue weighted by molar-refractivity contribution is 9.10. The monoisotopic (exact) mass is 377 g/mol. The number of halogens is 1. The summed E-state index contributed by atoms with van der Waals surface area (Å²) in [6.45, 7) is 6.59. The maximum atomic E-state index is 12.0. The molecule has 0 fully saturated rings. The molecular weight excluding hydrogens is 358 g/mol. The molecule has 0 aliphatic heterocycles. The van der Waals surface area contributed by atoms with Gasteiger partial charge in [-0.1, -0.05) is 54.9 Å². The number of hydrogen-bond donors (Lipinski definition) is 1. The first kappa shape index (κ1) is 17.1. The largest absolute Gasteiger partial charge is 0.325 e. The van der Waals surface area contributed by atoms with E-state index >= 15 is 0 Å². The van der Waals surface area contributed by atoms with Crippen molar-refractivity contribution in [3.63, 3.8) is 0 Å². The minimum Gasteiger partial charge on any atom is -0.325 e. The number of anilines is 1. The number of carbonyl (C=O) groups excluding carboxylic acids is 1. The van der Waals surface area contributed by atoms with Gasteiger partial charge in [0.25, 0.3) is 0 Å². The highest BCUT2D eigenvalue weighted by Gasteiger charge is 2.13. The van der Waals surface area contributed by atoms with Gasteiger partial charge in [-0.3, -0.25) is 4.79 Å². The first-order valence-electron chi connectivity index (χ1n) is 7.13. The van der Waals surface area contributed by atoms with Gasteiger partial charge in [0.15, 0.2) is 0 Å². The van der Waals surface area contributed by atoms with Crippen molar-refractivity contribution >= 4 is 39.3 Å². The molecule has 0 saturated carbocycles. The fraction of sp³-hybridized carbons (Fsp3) is 0.278. The molecule has 116 valence electrons. The van der Waals surface area contributed by atoms with Gasteiger partial charge in [-0.25, -0.2) is 0 Å². The molecule has 0 aliphatic rings. The summed E-state index contributed by atoms with van der Waals surface area (Å²) in [7, 11) is 0. The molecule has 0 atom stereocenters. The lowest BCUT2D eigenvalue weighted by molar-refractivity contribution is -0.113. The molecule has 2 aromatic carbocycles. The lowest BCUT2D eigenvalue weighted by Gasteiger charge is -2.19. The summed E-state index contributed by atoms with van der Waals surface area (Å²) < 4.78 is 0.954. The second kappa shape index (κ2) is 7.34. The van der Waals surface area contributed by atoms with Crippen LogP contribution in [0.25, 0.3) is 0 Å². The van der Waals surface area contributed by atoms with E-state index in [4.69, 9.17) is 0 Å². The first-order valence-corrected chi connectivity index (χ1v) is 8.91. The highest BCUT2D eigenvalue weighted by atomic mass is 79.9. The minimum atomic E-state index is 0.00278. The van der Waals surface area contributed by atoms with Gasteiger partial charge in [0.2, 0.25) is 5.91 Å². The van der Waals surface area contributed by atoms with Gasteiger partial charge in [0.05, 0.1) is 5.75 Å². The molecule has 2 aromatic rings. The van der Waals surface area contributed by atoms with Crippen LogP contribution >= 0.6 is 27.7 Å². The van der Waals surface area contributed by atoms with E-state index in [0.717, 1.165) is 15.1 Å². The molecular formula is C18H20BrNOS. The standard InChI is InChI=1S/C18H20BrNOS/c1-18(2,3)13-7-9-16(10-8-13)22-12-17(21)20-15-6-4-5-14(19)11-15/h4-11H,12H2,1-3H3,(H,20,21). The van der Waals surface area contributed by atoms with E-state index in [0.29, 0.717) is 5.75 Å². The summed E-state index contributed by atoms with van der Waals surface area (Å²) in [5, 5.41) is 2.90. The van der Waals surface area contributed by atoms with Crippen molar-refractivity contribution in [1.82, 2.24) is 0 Å². The Balaban J connectivity index is 1.88. The third-order valence-electron chi connectivity index (χ3n) is 3.20. The summed E-state index contributed by atoms with van der Waals surface area (Å²) >= 11 is 4.94. The zero-order valence-electron chi connectivity index (χ0n) is 13.0. The molecule has 2 rings (SSSR count). The highest BCUT2D eigenvalue weighted by Crippen LogP contribution is 2.25. The third kappa shape index (κ3) is 5.18. The van der Waals surface area contributed by atoms with Crippen molar-refractivity contribution < 1.29 is 4.79 Å². The molecule has 0 unspecified atom stereocenters. The Morgan fingerprint density at radius 1 is 1.14 bits per heavy atom. The molecule has 0 heterocycles. The van der Waals surface area contributed by atoms with E-state index in [1.807, 2.05) is 24.3 Å². The van der Waals surface area contributed by atoms with Crippen molar-refractivity contribution in [2.24, 2.45) is 0 Å². The molecule has 2 nitrogen and oxygen atoms in total. The average Bonchev–Trinajstić information content (AvgIpc) is 2.45. The number of hydrogen-bond acceptors (Lipinski definition) is 2. The van der Waals surface area contributed by atoms with Crippen molar-refractivity contribution in [2.45, 2.75) is 31.1 Å². The Morgan fingerprint density at radius 3 is 2.41 bits per heavy atom. The van der Waals surface area contributed by atoms with Crippen LogP contribution in [0, 0.1) is 0 Å². The lowest BCUT2D eigenvalue weighted by atomic mass is 9.87. The third-order valence-corrected chi connectivity index (χ3v) is 4.70. The fourth-order valence-corrected chi connectivity index (χ4v) is 3.06. The average molecular weight is 378 g/mol. The van der Waals surface area contributed by atoms with Crippen molar-refractivity contribution in [3.8, 4) is 0 Å². The van der Waals surface area contributed by atoms with Crippen LogP contribution in [-0.4, -0.2) is 11.7 Å². The maximum Gasteiger partial charge on any atom is 0.234 e. The summed E-state index contributed by atoms with van der Waals surface area (Å²) in [6, 6.07) is 16.0. The predicted molar refractivity (Wildman–Crippen MR) is 98.6 cm³/mol. The van der Waals surface area contributed by atoms with E-state index in [2.05, 4.69) is 66.3 Å². The first-order chi connectivity index (χ1) is 10.3. The van der Waals surface area contributed by atoms with Gasteiger partial charge in [-0.2, -0.15) is 0 Å². The SMILES string of the molecule is CC(C)(C)c1ccc(SCC(=O)Nc2cccc(Br)c2)cc1. The number of amides is 1. The number of rotatable bonds is 4. The van der Waals surface area contributed by atoms with E-state index in [1.165, 1.54) is 5.56 Å². The van der Waals surface area contributed by atoms with Crippen LogP contribution < -0.4 is 5.32 Å². The van der Waals surface area contributed by atoms with Crippen molar-refractivity contribution in [3.05, 3.63) is 58.6 Å². The molecule has 0 bridgehead atoms. The van der Waals surface area contributed by atoms with Crippen molar-refractivity contribution in [2.75, 3.05) is 11.1 Å². The fourth-order valence-electron chi connectivity index (χ4n) is 1.96. The summed E-state index contributed by atoms with van der Waals surface area (Å²) in [5.41, 5.74) is 2.26. The lowest BCUT2D eigenvalue weighted by Crippen LogP contribution is -2.14. The Kier molecular flexibility index (Phi) is 5.70. The van der Waals surface area contributed by atoms with Crippen LogP contribution in [0.5, 0.6) is 0 Å². The van der Waals surface area contributed by atoms with Crippen LogP contribution in [0.4, 0.5) is 5.69 Å². The Labute approximate surface area is 144 Å². The smallest absolute Gasteiger partial charge is 0.234 e. The maximum absolute atomic E-state index is 12.0. The number of thioether (sulfide) groups is 1. The number of nitrogens with one attached hydrogen (secondary N) is 1. The minimum absolute atomic E-state index is 0.00278. The predicted octanol–water partition coefficient (Wildman–Crippen LogP) is 5.48. The molecule has 1 N–H and O–H groups in total. The molecule has 0 radical (unpaired) electrons. The molecule has 1 amide bonds. The number of benzene rings is 2. The van der Waals surface area contributed by atoms with Gasteiger partial charge in [-0.15, -0.1) is 11.8 Å². The zero-order valence-corrected chi connectivity index (χ0v) is 15.4. The Hall–Kier alpha value is -1.26. The molecule has 0 aromatic heterocycles. The Morgan fingerprint density at radius 2 is 1.82 bits per heavy atom. The van der Waals surface area contributed by atoms with E-state index in [1.54, 1.807) is 11.8 Å². The van der Waals surface area contributed by atoms with Gasteiger partial charge in [0.1, 0.15) is 0 Å². The van der Waals surface area contributed by atoms with Gasteiger partial charge in [0, 0.05) is 15.1 Å². The van der Waals surface area contributed by atoms with Crippen LogP contribution in [0.15, 0.2) is 57.9 Å². The van der Waals surface area contributed by atoms with Gasteiger partial charge < -0.3 is 5.32 Å². The van der Waals surface area contributed by atoms with Crippen LogP contribution in [0.2, 0.25) is 0 Å². The molecule has 0 aliphatic carbocycles. The van der Waals surface area contributed by atoms with E-state index in [9.17, 15) is 4.79 Å². The van der Waals surface area contributed by atoms with E-state index < -0.39 is 0 Å². The van der Waals surface area contributed by atoms with Gasteiger partial charge in [-0.05, 0) is 41.3 Å². The van der Waals surface area contributed by atoms with Crippen LogP contribution in [0.1, 0.15) is 26.3 Å². The molecule has 0 saturated heterocycles. The molecule has 4 heteroatoms. The quantitative estimate of drug-likeness (QED) is 0.714. The second-order valence-electron chi connectivity index (χ2n) is 6.12. The zero-order chi connectivity index (χ0) is 16.2. The summed E-state index contributed by atoms with van der Waals surface area (Å²) in [5.74, 6) is 0.407. The number of carbonyl (C=O) groups is 1. The van der Waals surface area contributed by atoms with Gasteiger partial charge >= 0.3 is 0 Å². The summed E-state index contributed by atoms with van der Waals surface area (Å²) in [6.07, 6.45) is 0. The molecule has 22 heavy (non-hydrogen) atoms. The summed E-state index contributed by atoms with van der Waals surface area (Å²) in [4.78, 5) is 13.1. The molecule has 0 spiro atoms. The normalized spacial score (nSPS) is 11.3. The van der Waals surface area contributed by atoms with Crippen molar-refractivity contribution in [1.29, 1.82) is 0 Å². The topological polar surface area (TPSA) is 29.1 Å². The van der Waals surface area contributed by atoms with Crippen LogP contribution in [0.3, 0.4) is 0 Å².